The maximum absolute atomic E-state index is 4.89. The van der Waals surface area contributed by atoms with Crippen molar-refractivity contribution in [3.05, 3.63) is 41.2 Å². The van der Waals surface area contributed by atoms with Crippen LogP contribution >= 0.6 is 0 Å². The molecule has 3 heteroatoms. The number of nitrogens with zero attached hydrogens (tertiary/aromatic N) is 2. The molecular weight excluding hydrogens is 306 g/mol. The highest BCUT2D eigenvalue weighted by atomic mass is 15.1. The molecule has 136 valence electrons. The molecule has 0 amide bonds. The van der Waals surface area contributed by atoms with E-state index in [2.05, 4.69) is 75.9 Å². The van der Waals surface area contributed by atoms with Crippen molar-refractivity contribution >= 4 is 11.0 Å². The Morgan fingerprint density at radius 1 is 1.24 bits per heavy atom. The van der Waals surface area contributed by atoms with Crippen molar-refractivity contribution in [3.63, 3.8) is 0 Å². The van der Waals surface area contributed by atoms with Gasteiger partial charge in [0.2, 0.25) is 0 Å². The molecule has 3 atom stereocenters. The minimum Gasteiger partial charge on any atom is -0.342 e. The number of allylic oxidation sites excluding steroid dienone is 1. The summed E-state index contributed by atoms with van der Waals surface area (Å²) in [5, 5.41) is 0. The molecule has 0 aliphatic heterocycles. The van der Waals surface area contributed by atoms with Gasteiger partial charge in [-0.15, -0.1) is 0 Å². The van der Waals surface area contributed by atoms with Gasteiger partial charge in [-0.1, -0.05) is 37.6 Å². The highest BCUT2D eigenvalue weighted by molar-refractivity contribution is 5.78. The smallest absolute Gasteiger partial charge is 0.107 e. The molecule has 0 bridgehead atoms. The second-order valence-electron chi connectivity index (χ2n) is 8.54. The van der Waals surface area contributed by atoms with Gasteiger partial charge >= 0.3 is 0 Å². The standard InChI is InChI=1S/C22H33N3/c1-14(2)19-11-17(16(4)10-18(19)13-25(5)6)12-21-23-20-9-7-8-15(3)22(20)24-21/h7-10,14,17-19H,11-13H2,1-6H3,(H,23,24)/t17-,18-,19-/m0/s1. The van der Waals surface area contributed by atoms with Crippen molar-refractivity contribution < 1.29 is 0 Å². The number of imidazole rings is 1. The van der Waals surface area contributed by atoms with Crippen LogP contribution in [0.15, 0.2) is 29.8 Å². The van der Waals surface area contributed by atoms with Crippen LogP contribution < -0.4 is 0 Å². The van der Waals surface area contributed by atoms with E-state index in [9.17, 15) is 0 Å². The topological polar surface area (TPSA) is 31.9 Å². The fourth-order valence-electron chi connectivity index (χ4n) is 4.46. The zero-order chi connectivity index (χ0) is 18.1. The first-order valence-corrected chi connectivity index (χ1v) is 9.62. The molecule has 0 unspecified atom stereocenters. The van der Waals surface area contributed by atoms with E-state index < -0.39 is 0 Å². The fourth-order valence-corrected chi connectivity index (χ4v) is 4.46. The number of aromatic amines is 1. The molecule has 1 aromatic heterocycles. The normalized spacial score (nSPS) is 24.3. The van der Waals surface area contributed by atoms with Gasteiger partial charge in [0.1, 0.15) is 5.82 Å². The summed E-state index contributed by atoms with van der Waals surface area (Å²) in [6.07, 6.45) is 4.84. The molecule has 1 aliphatic rings. The molecule has 0 fully saturated rings. The summed E-state index contributed by atoms with van der Waals surface area (Å²) in [7, 11) is 4.37. The molecule has 1 aliphatic carbocycles. The molecule has 1 N–H and O–H groups in total. The van der Waals surface area contributed by atoms with Crippen LogP contribution in [0.5, 0.6) is 0 Å². The second kappa shape index (κ2) is 7.33. The van der Waals surface area contributed by atoms with Crippen LogP contribution in [0.4, 0.5) is 0 Å². The maximum Gasteiger partial charge on any atom is 0.107 e. The number of nitrogens with one attached hydrogen (secondary N) is 1. The van der Waals surface area contributed by atoms with Crippen molar-refractivity contribution in [1.82, 2.24) is 14.9 Å². The van der Waals surface area contributed by atoms with Crippen molar-refractivity contribution in [1.29, 1.82) is 0 Å². The van der Waals surface area contributed by atoms with Gasteiger partial charge in [-0.25, -0.2) is 4.98 Å². The van der Waals surface area contributed by atoms with Gasteiger partial charge in [0.15, 0.2) is 0 Å². The van der Waals surface area contributed by atoms with Gasteiger partial charge < -0.3 is 9.88 Å². The third-order valence-corrected chi connectivity index (χ3v) is 5.86. The van der Waals surface area contributed by atoms with Gasteiger partial charge in [0, 0.05) is 13.0 Å². The molecular formula is C22H33N3. The van der Waals surface area contributed by atoms with Gasteiger partial charge in [-0.3, -0.25) is 0 Å². The third-order valence-electron chi connectivity index (χ3n) is 5.86. The SMILES string of the molecule is CC1=C[C@@H](CN(C)C)[C@H](C(C)C)C[C@H]1Cc1nc2c(C)cccc2[nH]1. The molecule has 3 rings (SSSR count). The molecule has 0 spiro atoms. The quantitative estimate of drug-likeness (QED) is 0.791. The van der Waals surface area contributed by atoms with Crippen LogP contribution in [-0.4, -0.2) is 35.5 Å². The van der Waals surface area contributed by atoms with Crippen LogP contribution in [-0.2, 0) is 6.42 Å². The van der Waals surface area contributed by atoms with Crippen molar-refractivity contribution in [3.8, 4) is 0 Å². The first kappa shape index (κ1) is 18.2. The highest BCUT2D eigenvalue weighted by Gasteiger charge is 2.32. The summed E-state index contributed by atoms with van der Waals surface area (Å²) in [6.45, 7) is 10.4. The van der Waals surface area contributed by atoms with Crippen LogP contribution in [0.25, 0.3) is 11.0 Å². The lowest BCUT2D eigenvalue weighted by molar-refractivity contribution is 0.190. The van der Waals surface area contributed by atoms with Gasteiger partial charge in [-0.2, -0.15) is 0 Å². The van der Waals surface area contributed by atoms with Gasteiger partial charge in [0.05, 0.1) is 11.0 Å². The number of benzene rings is 1. The lowest BCUT2D eigenvalue weighted by atomic mass is 9.69. The Hall–Kier alpha value is -1.61. The lowest BCUT2D eigenvalue weighted by Crippen LogP contribution is -2.34. The number of hydrogen-bond acceptors (Lipinski definition) is 2. The van der Waals surface area contributed by atoms with E-state index >= 15 is 0 Å². The average Bonchev–Trinajstić information content (AvgIpc) is 2.93. The Labute approximate surface area is 152 Å². The second-order valence-corrected chi connectivity index (χ2v) is 8.54. The summed E-state index contributed by atoms with van der Waals surface area (Å²) in [5.41, 5.74) is 5.09. The summed E-state index contributed by atoms with van der Waals surface area (Å²) < 4.78 is 0. The molecule has 25 heavy (non-hydrogen) atoms. The van der Waals surface area contributed by atoms with Crippen molar-refractivity contribution in [2.24, 2.45) is 23.7 Å². The Balaban J connectivity index is 1.82. The number of para-hydroxylation sites is 1. The molecule has 2 aromatic rings. The predicted octanol–water partition coefficient (Wildman–Crippen LogP) is 4.83. The largest absolute Gasteiger partial charge is 0.342 e. The first-order chi connectivity index (χ1) is 11.8. The van der Waals surface area contributed by atoms with E-state index in [1.807, 2.05) is 0 Å². The Morgan fingerprint density at radius 3 is 2.64 bits per heavy atom. The average molecular weight is 340 g/mol. The van der Waals surface area contributed by atoms with Crippen molar-refractivity contribution in [2.75, 3.05) is 20.6 Å². The number of rotatable bonds is 5. The fraction of sp³-hybridized carbons (Fsp3) is 0.591. The number of aromatic nitrogens is 2. The third kappa shape index (κ3) is 3.98. The predicted molar refractivity (Wildman–Crippen MR) is 107 cm³/mol. The Bertz CT molecular complexity index is 754. The minimum atomic E-state index is 0.603. The summed E-state index contributed by atoms with van der Waals surface area (Å²) in [6, 6.07) is 6.37. The summed E-state index contributed by atoms with van der Waals surface area (Å²) in [5.74, 6) is 3.88. The first-order valence-electron chi connectivity index (χ1n) is 9.62. The molecule has 1 heterocycles. The van der Waals surface area contributed by atoms with E-state index in [-0.39, 0.29) is 0 Å². The van der Waals surface area contributed by atoms with Crippen molar-refractivity contribution in [2.45, 2.75) is 40.5 Å². The molecule has 0 saturated carbocycles. The highest BCUT2D eigenvalue weighted by Crippen LogP contribution is 2.39. The monoisotopic (exact) mass is 339 g/mol. The van der Waals surface area contributed by atoms with E-state index in [0.29, 0.717) is 11.8 Å². The Morgan fingerprint density at radius 2 is 2.00 bits per heavy atom. The zero-order valence-corrected chi connectivity index (χ0v) is 16.6. The minimum absolute atomic E-state index is 0.603. The molecule has 1 aromatic carbocycles. The van der Waals surface area contributed by atoms with E-state index in [0.717, 1.165) is 36.1 Å². The van der Waals surface area contributed by atoms with Gasteiger partial charge in [0.25, 0.3) is 0 Å². The van der Waals surface area contributed by atoms with E-state index in [1.54, 1.807) is 5.57 Å². The van der Waals surface area contributed by atoms with Gasteiger partial charge in [-0.05, 0) is 69.7 Å². The number of fused-ring (bicyclic) bond motifs is 1. The van der Waals surface area contributed by atoms with Crippen LogP contribution in [0.3, 0.4) is 0 Å². The molecule has 0 saturated heterocycles. The Kier molecular flexibility index (Phi) is 5.33. The van der Waals surface area contributed by atoms with Crippen LogP contribution in [0.1, 0.15) is 38.6 Å². The van der Waals surface area contributed by atoms with Crippen LogP contribution in [0, 0.1) is 30.6 Å². The molecule has 3 nitrogen and oxygen atoms in total. The summed E-state index contributed by atoms with van der Waals surface area (Å²) >= 11 is 0. The number of H-pyrrole nitrogens is 1. The van der Waals surface area contributed by atoms with E-state index in [4.69, 9.17) is 4.98 Å². The zero-order valence-electron chi connectivity index (χ0n) is 16.6. The number of hydrogen-bond donors (Lipinski definition) is 1. The number of aryl methyl sites for hydroxylation is 1. The van der Waals surface area contributed by atoms with Crippen LogP contribution in [0.2, 0.25) is 0 Å². The summed E-state index contributed by atoms with van der Waals surface area (Å²) in [4.78, 5) is 10.8. The lowest BCUT2D eigenvalue weighted by Gasteiger charge is -2.38. The maximum atomic E-state index is 4.89. The molecule has 0 radical (unpaired) electrons. The van der Waals surface area contributed by atoms with E-state index in [1.165, 1.54) is 17.5 Å².